The topological polar surface area (TPSA) is 71.4 Å². The number of carbonyl (C=O) groups excluding carboxylic acids is 1. The molecule has 2 heterocycles. The number of rotatable bonds is 3. The van der Waals surface area contributed by atoms with Gasteiger partial charge in [-0.05, 0) is 46.5 Å². The highest BCUT2D eigenvalue weighted by Gasteiger charge is 2.35. The molecule has 0 N–H and O–H groups in total. The quantitative estimate of drug-likeness (QED) is 0.589. The lowest BCUT2D eigenvalue weighted by Crippen LogP contribution is -2.27. The van der Waals surface area contributed by atoms with Crippen molar-refractivity contribution < 1.29 is 27.8 Å². The molecule has 1 aromatic heterocycles. The van der Waals surface area contributed by atoms with E-state index in [1.807, 2.05) is 0 Å². The smallest absolute Gasteiger partial charge is 0.416 e. The molecule has 5 nitrogen and oxygen atoms in total. The summed E-state index contributed by atoms with van der Waals surface area (Å²) < 4.78 is 47.9. The number of alkyl halides is 3. The number of fused-ring (bicyclic) bond motifs is 3. The average molecular weight is 463 g/mol. The van der Waals surface area contributed by atoms with E-state index in [-0.39, 0.29) is 11.1 Å². The lowest BCUT2D eigenvalue weighted by Gasteiger charge is -2.25. The molecule has 0 spiro atoms. The van der Waals surface area contributed by atoms with Crippen molar-refractivity contribution >= 4 is 17.6 Å². The molecular weight excluding hydrogens is 447 g/mol. The van der Waals surface area contributed by atoms with E-state index in [4.69, 9.17) is 16.3 Å². The molecule has 1 aliphatic heterocycles. The summed E-state index contributed by atoms with van der Waals surface area (Å²) in [5.74, 6) is -1.42. The second-order valence-corrected chi connectivity index (χ2v) is 7.96. The molecule has 0 saturated heterocycles. The first kappa shape index (κ1) is 22.1. The van der Waals surface area contributed by atoms with Crippen molar-refractivity contribution in [2.75, 3.05) is 0 Å². The van der Waals surface area contributed by atoms with Crippen LogP contribution in [-0.2, 0) is 22.8 Å². The van der Waals surface area contributed by atoms with Crippen molar-refractivity contribution in [3.63, 3.8) is 0 Å². The van der Waals surface area contributed by atoms with E-state index in [1.54, 1.807) is 24.3 Å². The Kier molecular flexibility index (Phi) is 5.60. The minimum Gasteiger partial charge on any atom is -0.550 e. The summed E-state index contributed by atoms with van der Waals surface area (Å²) in [6.07, 6.45) is -5.86. The van der Waals surface area contributed by atoms with Crippen LogP contribution in [0.2, 0.25) is 5.02 Å². The van der Waals surface area contributed by atoms with E-state index in [9.17, 15) is 27.9 Å². The number of carboxylic acid groups (broad SMARTS) is 1. The first-order valence-electron chi connectivity index (χ1n) is 9.57. The van der Waals surface area contributed by atoms with Gasteiger partial charge >= 0.3 is 6.18 Å². The summed E-state index contributed by atoms with van der Waals surface area (Å²) in [6, 6.07) is 10.8. The normalized spacial score (nSPS) is 17.9. The first-order valence-corrected chi connectivity index (χ1v) is 9.95. The monoisotopic (exact) mass is 462 g/mol. The zero-order valence-electron chi connectivity index (χ0n) is 16.7. The van der Waals surface area contributed by atoms with Crippen molar-refractivity contribution in [1.29, 1.82) is 0 Å². The summed E-state index contributed by atoms with van der Waals surface area (Å²) in [6.45, 7) is 0. The Labute approximate surface area is 185 Å². The number of carboxylic acids is 1. The number of aromatic nitrogens is 1. The van der Waals surface area contributed by atoms with Crippen LogP contribution >= 0.6 is 11.6 Å². The minimum absolute atomic E-state index is 0.197. The van der Waals surface area contributed by atoms with E-state index in [1.165, 1.54) is 29.9 Å². The van der Waals surface area contributed by atoms with Crippen LogP contribution in [0, 0.1) is 0 Å². The number of ether oxygens (including phenoxy) is 1. The van der Waals surface area contributed by atoms with Crippen LogP contribution < -0.4 is 10.7 Å². The van der Waals surface area contributed by atoms with Crippen molar-refractivity contribution in [1.82, 2.24) is 4.57 Å². The molecule has 2 atom stereocenters. The van der Waals surface area contributed by atoms with Crippen molar-refractivity contribution in [2.24, 2.45) is 7.05 Å². The molecule has 32 heavy (non-hydrogen) atoms. The molecule has 2 unspecified atom stereocenters. The predicted octanol–water partition coefficient (Wildman–Crippen LogP) is 4.03. The summed E-state index contributed by atoms with van der Waals surface area (Å²) in [4.78, 5) is 23.7. The molecule has 0 aliphatic carbocycles. The number of hydrogen-bond acceptors (Lipinski definition) is 4. The van der Waals surface area contributed by atoms with Gasteiger partial charge in [-0.25, -0.2) is 0 Å². The van der Waals surface area contributed by atoms with Gasteiger partial charge in [0.1, 0.15) is 6.10 Å². The van der Waals surface area contributed by atoms with Crippen LogP contribution in [0.4, 0.5) is 13.2 Å². The fraction of sp³-hybridized carbons (Fsp3) is 0.217. The highest BCUT2D eigenvalue weighted by atomic mass is 35.5. The van der Waals surface area contributed by atoms with E-state index >= 15 is 0 Å². The Balaban J connectivity index is 2.02. The summed E-state index contributed by atoms with van der Waals surface area (Å²) in [5, 5.41) is 11.9. The molecule has 9 heteroatoms. The maximum Gasteiger partial charge on any atom is 0.416 e. The average Bonchev–Trinajstić information content (AvgIpc) is 2.83. The third kappa shape index (κ3) is 4.16. The Morgan fingerprint density at radius 3 is 2.41 bits per heavy atom. The van der Waals surface area contributed by atoms with Gasteiger partial charge in [-0.1, -0.05) is 29.8 Å². The van der Waals surface area contributed by atoms with Crippen molar-refractivity contribution in [3.8, 4) is 11.1 Å². The van der Waals surface area contributed by atoms with Gasteiger partial charge in [-0.15, -0.1) is 0 Å². The molecule has 0 amide bonds. The number of halogens is 4. The highest BCUT2D eigenvalue weighted by molar-refractivity contribution is 6.30. The molecule has 0 saturated carbocycles. The molecule has 2 aromatic carbocycles. The van der Waals surface area contributed by atoms with E-state index in [0.717, 1.165) is 12.1 Å². The Hall–Kier alpha value is -3.10. The minimum atomic E-state index is -4.59. The van der Waals surface area contributed by atoms with Crippen molar-refractivity contribution in [2.45, 2.75) is 24.8 Å². The number of aryl methyl sites for hydroxylation is 1. The summed E-state index contributed by atoms with van der Waals surface area (Å²) in [5.41, 5.74) is 0.496. The fourth-order valence-electron chi connectivity index (χ4n) is 3.85. The lowest BCUT2D eigenvalue weighted by molar-refractivity contribution is -0.308. The number of carbonyl (C=O) groups is 1. The molecule has 1 aliphatic rings. The van der Waals surface area contributed by atoms with E-state index in [0.29, 0.717) is 21.7 Å². The van der Waals surface area contributed by atoms with E-state index in [2.05, 4.69) is 0 Å². The maximum atomic E-state index is 13.5. The molecule has 166 valence electrons. The largest absolute Gasteiger partial charge is 0.550 e. The van der Waals surface area contributed by atoms with Gasteiger partial charge in [0.25, 0.3) is 5.56 Å². The van der Waals surface area contributed by atoms with Crippen LogP contribution in [0.3, 0.4) is 0 Å². The third-order valence-corrected chi connectivity index (χ3v) is 5.64. The first-order chi connectivity index (χ1) is 15.0. The SMILES string of the molecule is Cn1cc2c(cc1=O)C(CC(=O)[O-])OC(c1ccc(Cl)cc1)c1cc(C(F)(F)F)ccc1-2. The second kappa shape index (κ2) is 8.11. The summed E-state index contributed by atoms with van der Waals surface area (Å²) >= 11 is 5.96. The Morgan fingerprint density at radius 2 is 1.78 bits per heavy atom. The van der Waals surface area contributed by atoms with Gasteiger partial charge in [0.05, 0.1) is 11.7 Å². The van der Waals surface area contributed by atoms with E-state index < -0.39 is 41.9 Å². The van der Waals surface area contributed by atoms with Crippen molar-refractivity contribution in [3.05, 3.63) is 92.4 Å². The number of benzene rings is 2. The van der Waals surface area contributed by atoms with Gasteiger partial charge in [0.2, 0.25) is 0 Å². The van der Waals surface area contributed by atoms with Gasteiger partial charge in [-0.3, -0.25) is 4.79 Å². The Bertz CT molecular complexity index is 1250. The molecule has 4 rings (SSSR count). The van der Waals surface area contributed by atoms with Gasteiger partial charge in [0.15, 0.2) is 0 Å². The standard InChI is InChI=1S/C23H17ClF3NO4/c1-28-11-18-15-7-4-13(23(25,26)27)8-17(15)22(12-2-5-14(24)6-3-12)32-19(10-21(30)31)16(18)9-20(28)29/h2-9,11,19,22H,10H2,1H3,(H,30,31)/p-1. The van der Waals surface area contributed by atoms with Crippen LogP contribution in [0.1, 0.15) is 40.9 Å². The van der Waals surface area contributed by atoms with Crippen LogP contribution in [-0.4, -0.2) is 10.5 Å². The number of hydrogen-bond donors (Lipinski definition) is 0. The zero-order chi connectivity index (χ0) is 23.2. The third-order valence-electron chi connectivity index (χ3n) is 5.38. The molecule has 0 fully saturated rings. The number of aliphatic carboxylic acids is 1. The molecule has 0 bridgehead atoms. The lowest BCUT2D eigenvalue weighted by atomic mass is 9.90. The molecular formula is C23H16ClF3NO4-. The second-order valence-electron chi connectivity index (χ2n) is 7.52. The van der Waals surface area contributed by atoms with Crippen LogP contribution in [0.5, 0.6) is 0 Å². The zero-order valence-corrected chi connectivity index (χ0v) is 17.4. The summed E-state index contributed by atoms with van der Waals surface area (Å²) in [7, 11) is 1.50. The van der Waals surface area contributed by atoms with Crippen LogP contribution in [0.15, 0.2) is 59.5 Å². The van der Waals surface area contributed by atoms with Gasteiger partial charge < -0.3 is 19.2 Å². The van der Waals surface area contributed by atoms with Gasteiger partial charge in [-0.2, -0.15) is 13.2 Å². The fourth-order valence-corrected chi connectivity index (χ4v) is 3.98. The highest BCUT2D eigenvalue weighted by Crippen LogP contribution is 2.46. The maximum absolute atomic E-state index is 13.5. The van der Waals surface area contributed by atoms with Crippen LogP contribution in [0.25, 0.3) is 11.1 Å². The number of pyridine rings is 1. The molecule has 0 radical (unpaired) electrons. The number of nitrogens with zero attached hydrogens (tertiary/aromatic N) is 1. The predicted molar refractivity (Wildman–Crippen MR) is 109 cm³/mol. The molecule has 3 aromatic rings. The Morgan fingerprint density at radius 1 is 1.09 bits per heavy atom. The van der Waals surface area contributed by atoms with Gasteiger partial charge in [0, 0.05) is 42.3 Å².